The average Bonchev–Trinajstić information content (AvgIpc) is 3.24. The third-order valence-electron chi connectivity index (χ3n) is 5.75. The molecule has 0 spiro atoms. The molecule has 0 unspecified atom stereocenters. The van der Waals surface area contributed by atoms with Gasteiger partial charge in [-0.25, -0.2) is 4.68 Å². The van der Waals surface area contributed by atoms with Gasteiger partial charge in [0, 0.05) is 43.4 Å². The van der Waals surface area contributed by atoms with E-state index >= 15 is 0 Å². The van der Waals surface area contributed by atoms with Crippen LogP contribution in [0.2, 0.25) is 0 Å². The molecule has 6 nitrogen and oxygen atoms in total. The molecule has 0 radical (unpaired) electrons. The Morgan fingerprint density at radius 3 is 2.16 bits per heavy atom. The van der Waals surface area contributed by atoms with Gasteiger partial charge in [-0.2, -0.15) is 5.10 Å². The normalized spacial score (nSPS) is 14.5. The number of aryl methyl sites for hydroxylation is 1. The summed E-state index contributed by atoms with van der Waals surface area (Å²) in [5, 5.41) is 4.79. The molecule has 2 aromatic carbocycles. The maximum absolute atomic E-state index is 13.6. The standard InChI is InChI=1S/C26H30N4O2/c1-19-9-8-10-20(17-19)23-22(18-30(27-23)21-11-6-5-7-12-21)24(31)28-13-15-29(16-14-28)25(32)26(2,3)4/h5-12,17-18H,13-16H2,1-4H3. The molecule has 0 N–H and O–H groups in total. The van der Waals surface area contributed by atoms with Gasteiger partial charge in [-0.15, -0.1) is 0 Å². The lowest BCUT2D eigenvalue weighted by Crippen LogP contribution is -2.53. The Hall–Kier alpha value is -3.41. The number of hydrogen-bond acceptors (Lipinski definition) is 3. The Labute approximate surface area is 189 Å². The first kappa shape index (κ1) is 21.8. The van der Waals surface area contributed by atoms with Crippen molar-refractivity contribution in [1.82, 2.24) is 19.6 Å². The number of hydrogen-bond donors (Lipinski definition) is 0. The van der Waals surface area contributed by atoms with Crippen LogP contribution in [0, 0.1) is 12.3 Å². The Kier molecular flexibility index (Phi) is 5.87. The number of para-hydroxylation sites is 1. The van der Waals surface area contributed by atoms with E-state index in [1.54, 1.807) is 4.68 Å². The number of aromatic nitrogens is 2. The molecule has 1 aliphatic heterocycles. The molecule has 32 heavy (non-hydrogen) atoms. The number of piperazine rings is 1. The van der Waals surface area contributed by atoms with Gasteiger partial charge in [0.05, 0.1) is 11.3 Å². The van der Waals surface area contributed by atoms with Crippen molar-refractivity contribution in [1.29, 1.82) is 0 Å². The SMILES string of the molecule is Cc1cccc(-c2nn(-c3ccccc3)cc2C(=O)N2CCN(C(=O)C(C)(C)C)CC2)c1. The highest BCUT2D eigenvalue weighted by atomic mass is 16.2. The van der Waals surface area contributed by atoms with E-state index in [1.807, 2.05) is 98.3 Å². The number of amides is 2. The molecule has 1 saturated heterocycles. The van der Waals surface area contributed by atoms with Crippen LogP contribution in [0.5, 0.6) is 0 Å². The second-order valence-electron chi connectivity index (χ2n) is 9.38. The Morgan fingerprint density at radius 1 is 0.875 bits per heavy atom. The van der Waals surface area contributed by atoms with Gasteiger partial charge in [-0.05, 0) is 25.1 Å². The lowest BCUT2D eigenvalue weighted by molar-refractivity contribution is -0.140. The van der Waals surface area contributed by atoms with Crippen LogP contribution in [-0.4, -0.2) is 57.6 Å². The highest BCUT2D eigenvalue weighted by Gasteiger charge is 2.32. The molecule has 1 aromatic heterocycles. The van der Waals surface area contributed by atoms with Crippen LogP contribution in [0.1, 0.15) is 36.7 Å². The maximum Gasteiger partial charge on any atom is 0.257 e. The van der Waals surface area contributed by atoms with Crippen molar-refractivity contribution in [3.05, 3.63) is 71.9 Å². The topological polar surface area (TPSA) is 58.4 Å². The molecule has 3 aromatic rings. The summed E-state index contributed by atoms with van der Waals surface area (Å²) in [6.07, 6.45) is 1.82. The van der Waals surface area contributed by atoms with Gasteiger partial charge < -0.3 is 9.80 Å². The monoisotopic (exact) mass is 430 g/mol. The summed E-state index contributed by atoms with van der Waals surface area (Å²) in [7, 11) is 0. The molecular formula is C26H30N4O2. The predicted molar refractivity (Wildman–Crippen MR) is 126 cm³/mol. The Bertz CT molecular complexity index is 1120. The van der Waals surface area contributed by atoms with Crippen LogP contribution in [-0.2, 0) is 4.79 Å². The summed E-state index contributed by atoms with van der Waals surface area (Å²) < 4.78 is 1.77. The van der Waals surface area contributed by atoms with Crippen LogP contribution < -0.4 is 0 Å². The van der Waals surface area contributed by atoms with Crippen molar-refractivity contribution in [2.75, 3.05) is 26.2 Å². The van der Waals surface area contributed by atoms with Gasteiger partial charge in [0.15, 0.2) is 0 Å². The van der Waals surface area contributed by atoms with Crippen molar-refractivity contribution >= 4 is 11.8 Å². The first-order chi connectivity index (χ1) is 15.2. The summed E-state index contributed by atoms with van der Waals surface area (Å²) in [6.45, 7) is 9.96. The van der Waals surface area contributed by atoms with Gasteiger partial charge >= 0.3 is 0 Å². The van der Waals surface area contributed by atoms with Crippen molar-refractivity contribution in [3.8, 4) is 16.9 Å². The second kappa shape index (κ2) is 8.61. The van der Waals surface area contributed by atoms with Crippen LogP contribution in [0.15, 0.2) is 60.8 Å². The van der Waals surface area contributed by atoms with Crippen LogP contribution in [0.3, 0.4) is 0 Å². The van der Waals surface area contributed by atoms with E-state index in [1.165, 1.54) is 0 Å². The van der Waals surface area contributed by atoms with Crippen LogP contribution in [0.25, 0.3) is 16.9 Å². The van der Waals surface area contributed by atoms with Crippen LogP contribution >= 0.6 is 0 Å². The molecule has 1 aliphatic rings. The van der Waals surface area contributed by atoms with E-state index in [9.17, 15) is 9.59 Å². The number of carbonyl (C=O) groups is 2. The summed E-state index contributed by atoms with van der Waals surface area (Å²) in [5.41, 5.74) is 3.78. The van der Waals surface area contributed by atoms with Crippen molar-refractivity contribution in [2.45, 2.75) is 27.7 Å². The highest BCUT2D eigenvalue weighted by Crippen LogP contribution is 2.27. The quantitative estimate of drug-likeness (QED) is 0.626. The van der Waals surface area contributed by atoms with E-state index in [-0.39, 0.29) is 11.8 Å². The van der Waals surface area contributed by atoms with E-state index in [0.29, 0.717) is 37.4 Å². The fourth-order valence-corrected chi connectivity index (χ4v) is 4.01. The summed E-state index contributed by atoms with van der Waals surface area (Å²) in [4.78, 5) is 29.9. The second-order valence-corrected chi connectivity index (χ2v) is 9.38. The summed E-state index contributed by atoms with van der Waals surface area (Å²) in [6, 6.07) is 17.9. The minimum Gasteiger partial charge on any atom is -0.339 e. The Morgan fingerprint density at radius 2 is 1.53 bits per heavy atom. The lowest BCUT2D eigenvalue weighted by atomic mass is 9.94. The van der Waals surface area contributed by atoms with Gasteiger partial charge in [-0.3, -0.25) is 9.59 Å². The van der Waals surface area contributed by atoms with Gasteiger partial charge in [-0.1, -0.05) is 62.7 Å². The molecule has 2 amide bonds. The van der Waals surface area contributed by atoms with Gasteiger partial charge in [0.2, 0.25) is 5.91 Å². The average molecular weight is 431 g/mol. The molecule has 0 saturated carbocycles. The zero-order valence-corrected chi connectivity index (χ0v) is 19.2. The largest absolute Gasteiger partial charge is 0.339 e. The third-order valence-corrected chi connectivity index (χ3v) is 5.75. The van der Waals surface area contributed by atoms with E-state index in [2.05, 4.69) is 0 Å². The molecular weight excluding hydrogens is 400 g/mol. The minimum atomic E-state index is -0.415. The molecule has 4 rings (SSSR count). The van der Waals surface area contributed by atoms with E-state index < -0.39 is 5.41 Å². The summed E-state index contributed by atoms with van der Waals surface area (Å²) >= 11 is 0. The molecule has 0 bridgehead atoms. The molecule has 0 aliphatic carbocycles. The maximum atomic E-state index is 13.6. The predicted octanol–water partition coefficient (Wildman–Crippen LogP) is 4.18. The van der Waals surface area contributed by atoms with Crippen molar-refractivity contribution < 1.29 is 9.59 Å². The smallest absolute Gasteiger partial charge is 0.257 e. The zero-order chi connectivity index (χ0) is 22.9. The molecule has 6 heteroatoms. The first-order valence-corrected chi connectivity index (χ1v) is 11.0. The fraction of sp³-hybridized carbons (Fsp3) is 0.346. The minimum absolute atomic E-state index is 0.0495. The fourth-order valence-electron chi connectivity index (χ4n) is 4.01. The number of nitrogens with zero attached hydrogens (tertiary/aromatic N) is 4. The molecule has 166 valence electrons. The van der Waals surface area contributed by atoms with Gasteiger partial charge in [0.1, 0.15) is 5.69 Å². The number of rotatable bonds is 3. The van der Waals surface area contributed by atoms with Crippen molar-refractivity contribution in [3.63, 3.8) is 0 Å². The summed E-state index contributed by atoms with van der Waals surface area (Å²) in [5.74, 6) is 0.0773. The number of benzene rings is 2. The van der Waals surface area contributed by atoms with Gasteiger partial charge in [0.25, 0.3) is 5.91 Å². The molecule has 0 atom stereocenters. The zero-order valence-electron chi connectivity index (χ0n) is 19.2. The van der Waals surface area contributed by atoms with E-state index in [4.69, 9.17) is 5.10 Å². The highest BCUT2D eigenvalue weighted by molar-refractivity contribution is 6.00. The number of carbonyl (C=O) groups excluding carboxylic acids is 2. The molecule has 1 fully saturated rings. The van der Waals surface area contributed by atoms with Crippen molar-refractivity contribution in [2.24, 2.45) is 5.41 Å². The van der Waals surface area contributed by atoms with Crippen LogP contribution in [0.4, 0.5) is 0 Å². The third kappa shape index (κ3) is 4.44. The first-order valence-electron chi connectivity index (χ1n) is 11.0. The molecule has 2 heterocycles. The Balaban J connectivity index is 1.63. The van der Waals surface area contributed by atoms with E-state index in [0.717, 1.165) is 16.8 Å². The lowest BCUT2D eigenvalue weighted by Gasteiger charge is -2.37.